The van der Waals surface area contributed by atoms with Crippen LogP contribution in [0, 0.1) is 12.3 Å². The van der Waals surface area contributed by atoms with Crippen LogP contribution >= 0.6 is 0 Å². The highest BCUT2D eigenvalue weighted by atomic mass is 16.5. The molecule has 0 aliphatic carbocycles. The molecule has 0 heterocycles. The third-order valence-electron chi connectivity index (χ3n) is 2.34. The summed E-state index contributed by atoms with van der Waals surface area (Å²) in [6.07, 6.45) is 5.95. The summed E-state index contributed by atoms with van der Waals surface area (Å²) in [5, 5.41) is 3.35. The zero-order valence-corrected chi connectivity index (χ0v) is 9.29. The van der Waals surface area contributed by atoms with Gasteiger partial charge in [0.15, 0.2) is 0 Å². The second-order valence-corrected chi connectivity index (χ2v) is 3.40. The standard InChI is InChI=1S/C13H17NO/c1-4-5-10-14-11(2)12-6-8-13(15-3)9-7-12/h1,6-9,11,14H,5,10H2,2-3H3/t11-/m0/s1. The Morgan fingerprint density at radius 1 is 1.40 bits per heavy atom. The van der Waals surface area contributed by atoms with Crippen LogP contribution in [-0.4, -0.2) is 13.7 Å². The Hall–Kier alpha value is -1.46. The van der Waals surface area contributed by atoms with Crippen molar-refractivity contribution in [1.82, 2.24) is 5.32 Å². The van der Waals surface area contributed by atoms with Crippen LogP contribution < -0.4 is 10.1 Å². The third kappa shape index (κ3) is 3.65. The molecule has 0 aliphatic rings. The van der Waals surface area contributed by atoms with Gasteiger partial charge in [-0.15, -0.1) is 12.3 Å². The average molecular weight is 203 g/mol. The van der Waals surface area contributed by atoms with E-state index in [0.717, 1.165) is 18.7 Å². The quantitative estimate of drug-likeness (QED) is 0.586. The molecule has 1 N–H and O–H groups in total. The van der Waals surface area contributed by atoms with Crippen molar-refractivity contribution in [2.45, 2.75) is 19.4 Å². The zero-order chi connectivity index (χ0) is 11.1. The van der Waals surface area contributed by atoms with Crippen molar-refractivity contribution >= 4 is 0 Å². The van der Waals surface area contributed by atoms with Gasteiger partial charge < -0.3 is 10.1 Å². The lowest BCUT2D eigenvalue weighted by Crippen LogP contribution is -2.19. The molecule has 80 valence electrons. The van der Waals surface area contributed by atoms with Crippen molar-refractivity contribution in [1.29, 1.82) is 0 Å². The topological polar surface area (TPSA) is 21.3 Å². The molecule has 1 rings (SSSR count). The maximum Gasteiger partial charge on any atom is 0.118 e. The molecular formula is C13H17NO. The molecule has 0 unspecified atom stereocenters. The van der Waals surface area contributed by atoms with Crippen molar-refractivity contribution in [3.63, 3.8) is 0 Å². The van der Waals surface area contributed by atoms with E-state index in [0.29, 0.717) is 6.04 Å². The number of hydrogen-bond donors (Lipinski definition) is 1. The maximum absolute atomic E-state index is 5.18. The van der Waals surface area contributed by atoms with E-state index in [-0.39, 0.29) is 0 Å². The first-order chi connectivity index (χ1) is 7.27. The number of hydrogen-bond acceptors (Lipinski definition) is 2. The van der Waals surface area contributed by atoms with Crippen molar-refractivity contribution in [3.8, 4) is 18.1 Å². The summed E-state index contributed by atoms with van der Waals surface area (Å²) in [6, 6.07) is 8.38. The largest absolute Gasteiger partial charge is 0.497 e. The van der Waals surface area contributed by atoms with Gasteiger partial charge in [0, 0.05) is 19.0 Å². The molecule has 0 radical (unpaired) electrons. The molecule has 0 saturated carbocycles. The van der Waals surface area contributed by atoms with Gasteiger partial charge in [0.25, 0.3) is 0 Å². The van der Waals surface area contributed by atoms with Gasteiger partial charge in [0.05, 0.1) is 7.11 Å². The second kappa shape index (κ2) is 6.10. The summed E-state index contributed by atoms with van der Waals surface area (Å²) >= 11 is 0. The normalized spacial score (nSPS) is 11.8. The molecule has 2 nitrogen and oxygen atoms in total. The molecule has 0 fully saturated rings. The zero-order valence-electron chi connectivity index (χ0n) is 9.29. The summed E-state index contributed by atoms with van der Waals surface area (Å²) in [4.78, 5) is 0. The third-order valence-corrected chi connectivity index (χ3v) is 2.34. The van der Waals surface area contributed by atoms with E-state index in [1.54, 1.807) is 7.11 Å². The highest BCUT2D eigenvalue weighted by molar-refractivity contribution is 5.28. The van der Waals surface area contributed by atoms with E-state index in [4.69, 9.17) is 11.2 Å². The Labute approximate surface area is 91.6 Å². The van der Waals surface area contributed by atoms with Crippen LogP contribution in [0.25, 0.3) is 0 Å². The van der Waals surface area contributed by atoms with Gasteiger partial charge >= 0.3 is 0 Å². The molecule has 0 aliphatic heterocycles. The van der Waals surface area contributed by atoms with Crippen molar-refractivity contribution in [2.75, 3.05) is 13.7 Å². The minimum absolute atomic E-state index is 0.323. The summed E-state index contributed by atoms with van der Waals surface area (Å²) in [7, 11) is 1.67. The minimum atomic E-state index is 0.323. The molecule has 0 spiro atoms. The van der Waals surface area contributed by atoms with Gasteiger partial charge in [-0.1, -0.05) is 12.1 Å². The van der Waals surface area contributed by atoms with Gasteiger partial charge in [0.2, 0.25) is 0 Å². The van der Waals surface area contributed by atoms with Crippen LogP contribution in [0.15, 0.2) is 24.3 Å². The Morgan fingerprint density at radius 2 is 2.07 bits per heavy atom. The predicted molar refractivity (Wildman–Crippen MR) is 62.9 cm³/mol. The van der Waals surface area contributed by atoms with Crippen LogP contribution in [-0.2, 0) is 0 Å². The number of nitrogens with one attached hydrogen (secondary N) is 1. The number of methoxy groups -OCH3 is 1. The van der Waals surface area contributed by atoms with Crippen molar-refractivity contribution in [2.24, 2.45) is 0 Å². The highest BCUT2D eigenvalue weighted by Gasteiger charge is 2.03. The lowest BCUT2D eigenvalue weighted by Gasteiger charge is -2.13. The Bertz CT molecular complexity index is 323. The van der Waals surface area contributed by atoms with Crippen LogP contribution in [0.2, 0.25) is 0 Å². The molecule has 2 heteroatoms. The van der Waals surface area contributed by atoms with Gasteiger partial charge in [-0.05, 0) is 24.6 Å². The van der Waals surface area contributed by atoms with Gasteiger partial charge in [0.1, 0.15) is 5.75 Å². The summed E-state index contributed by atoms with van der Waals surface area (Å²) in [5.41, 5.74) is 1.24. The van der Waals surface area contributed by atoms with E-state index in [1.807, 2.05) is 12.1 Å². The minimum Gasteiger partial charge on any atom is -0.497 e. The van der Waals surface area contributed by atoms with Crippen molar-refractivity contribution < 1.29 is 4.74 Å². The summed E-state index contributed by atoms with van der Waals surface area (Å²) in [5.74, 6) is 3.49. The molecule has 15 heavy (non-hydrogen) atoms. The van der Waals surface area contributed by atoms with Crippen LogP contribution in [0.3, 0.4) is 0 Å². The molecule has 1 atom stereocenters. The number of rotatable bonds is 5. The van der Waals surface area contributed by atoms with E-state index in [9.17, 15) is 0 Å². The first kappa shape index (κ1) is 11.6. The smallest absolute Gasteiger partial charge is 0.118 e. The average Bonchev–Trinajstić information content (AvgIpc) is 2.29. The predicted octanol–water partition coefficient (Wildman–Crippen LogP) is 2.37. The fourth-order valence-corrected chi connectivity index (χ4v) is 1.37. The molecule has 0 bridgehead atoms. The van der Waals surface area contributed by atoms with E-state index in [1.165, 1.54) is 5.56 Å². The molecule has 0 aromatic heterocycles. The molecule has 0 amide bonds. The number of terminal acetylenes is 1. The highest BCUT2D eigenvalue weighted by Crippen LogP contribution is 2.16. The molecule has 0 saturated heterocycles. The Morgan fingerprint density at radius 3 is 2.60 bits per heavy atom. The SMILES string of the molecule is C#CCCN[C@@H](C)c1ccc(OC)cc1. The van der Waals surface area contributed by atoms with Crippen LogP contribution in [0.4, 0.5) is 0 Å². The summed E-state index contributed by atoms with van der Waals surface area (Å²) in [6.45, 7) is 2.97. The van der Waals surface area contributed by atoms with Crippen molar-refractivity contribution in [3.05, 3.63) is 29.8 Å². The fourth-order valence-electron chi connectivity index (χ4n) is 1.37. The number of benzene rings is 1. The van der Waals surface area contributed by atoms with E-state index < -0.39 is 0 Å². The second-order valence-electron chi connectivity index (χ2n) is 3.40. The fraction of sp³-hybridized carbons (Fsp3) is 0.385. The van der Waals surface area contributed by atoms with Gasteiger partial charge in [-0.25, -0.2) is 0 Å². The van der Waals surface area contributed by atoms with E-state index in [2.05, 4.69) is 30.3 Å². The monoisotopic (exact) mass is 203 g/mol. The summed E-state index contributed by atoms with van der Waals surface area (Å²) < 4.78 is 5.10. The van der Waals surface area contributed by atoms with Gasteiger partial charge in [-0.3, -0.25) is 0 Å². The molecule has 1 aromatic carbocycles. The van der Waals surface area contributed by atoms with Gasteiger partial charge in [-0.2, -0.15) is 0 Å². The lowest BCUT2D eigenvalue weighted by molar-refractivity contribution is 0.414. The Balaban J connectivity index is 2.51. The molecule has 1 aromatic rings. The first-order valence-electron chi connectivity index (χ1n) is 5.08. The van der Waals surface area contributed by atoms with E-state index >= 15 is 0 Å². The molecular weight excluding hydrogens is 186 g/mol. The van der Waals surface area contributed by atoms with Crippen LogP contribution in [0.5, 0.6) is 5.75 Å². The Kier molecular flexibility index (Phi) is 4.73. The maximum atomic E-state index is 5.18. The lowest BCUT2D eigenvalue weighted by atomic mass is 10.1. The first-order valence-corrected chi connectivity index (χ1v) is 5.08. The van der Waals surface area contributed by atoms with Crippen LogP contribution in [0.1, 0.15) is 24.9 Å². The number of ether oxygens (including phenoxy) is 1.